The third kappa shape index (κ3) is 3.31. The number of methoxy groups -OCH3 is 1. The number of carbonyl (C=O) groups excluding carboxylic acids is 1. The lowest BCUT2D eigenvalue weighted by atomic mass is 10.0. The van der Waals surface area contributed by atoms with Crippen LogP contribution in [-0.2, 0) is 16.1 Å². The van der Waals surface area contributed by atoms with E-state index in [1.807, 2.05) is 24.3 Å². The predicted octanol–water partition coefficient (Wildman–Crippen LogP) is 2.44. The van der Waals surface area contributed by atoms with E-state index in [-0.39, 0.29) is 11.0 Å². The number of nitriles is 1. The molecule has 0 amide bonds. The molecule has 0 fully saturated rings. The van der Waals surface area contributed by atoms with Gasteiger partial charge in [0.25, 0.3) is 5.56 Å². The molecule has 0 aliphatic carbocycles. The van der Waals surface area contributed by atoms with Gasteiger partial charge in [0.1, 0.15) is 17.5 Å². The summed E-state index contributed by atoms with van der Waals surface area (Å²) in [6.45, 7) is -0.299. The lowest BCUT2D eigenvalue weighted by Crippen LogP contribution is -2.29. The van der Waals surface area contributed by atoms with Gasteiger partial charge in [-0.25, -0.2) is 9.67 Å². The zero-order chi connectivity index (χ0) is 18.0. The summed E-state index contributed by atoms with van der Waals surface area (Å²) >= 11 is 4.62. The summed E-state index contributed by atoms with van der Waals surface area (Å²) in [5.74, 6) is -1.32. The van der Waals surface area contributed by atoms with E-state index in [1.165, 1.54) is 24.6 Å². The molecule has 3 rings (SSSR count). The average molecular weight is 419 g/mol. The molecule has 0 aliphatic rings. The van der Waals surface area contributed by atoms with Crippen LogP contribution in [0.25, 0.3) is 10.2 Å². The van der Waals surface area contributed by atoms with E-state index in [0.717, 1.165) is 14.9 Å². The summed E-state index contributed by atoms with van der Waals surface area (Å²) in [5, 5.41) is 14.2. The molecule has 0 saturated carbocycles. The normalized spacial score (nSPS) is 11.9. The number of carbonyl (C=O) groups is 1. The molecule has 0 spiro atoms. The molecule has 2 heterocycles. The van der Waals surface area contributed by atoms with Crippen molar-refractivity contribution in [2.24, 2.45) is 0 Å². The Bertz CT molecular complexity index is 1020. The molecule has 9 heteroatoms. The minimum absolute atomic E-state index is 0.178. The minimum Gasteiger partial charge on any atom is -0.468 e. The molecule has 1 aromatic carbocycles. The number of halogens is 1. The summed E-state index contributed by atoms with van der Waals surface area (Å²) in [7, 11) is 1.23. The smallest absolute Gasteiger partial charge is 0.327 e. The number of hydrogen-bond acceptors (Lipinski definition) is 7. The molecule has 0 aliphatic heterocycles. The van der Waals surface area contributed by atoms with Crippen molar-refractivity contribution in [1.82, 2.24) is 14.8 Å². The van der Waals surface area contributed by atoms with Crippen LogP contribution in [0.2, 0.25) is 0 Å². The molecule has 126 valence electrons. The van der Waals surface area contributed by atoms with Crippen LogP contribution >= 0.6 is 27.3 Å². The van der Waals surface area contributed by atoms with Crippen LogP contribution in [0.3, 0.4) is 0 Å². The van der Waals surface area contributed by atoms with Crippen LogP contribution in [0, 0.1) is 11.3 Å². The van der Waals surface area contributed by atoms with Gasteiger partial charge in [-0.3, -0.25) is 9.59 Å². The van der Waals surface area contributed by atoms with Gasteiger partial charge in [0, 0.05) is 5.56 Å². The molecule has 3 aromatic rings. The fourth-order valence-electron chi connectivity index (χ4n) is 2.25. The topological polar surface area (TPSA) is 97.9 Å². The molecule has 0 saturated heterocycles. The quantitative estimate of drug-likeness (QED) is 0.603. The van der Waals surface area contributed by atoms with Crippen molar-refractivity contribution >= 4 is 43.5 Å². The number of rotatable bonds is 4. The Labute approximate surface area is 154 Å². The molecule has 0 radical (unpaired) electrons. The van der Waals surface area contributed by atoms with E-state index in [0.29, 0.717) is 10.6 Å². The van der Waals surface area contributed by atoms with Gasteiger partial charge in [-0.2, -0.15) is 10.4 Å². The standard InChI is InChI=1S/C16H11BrN4O3S/c1-24-13(22)8-21-16(23)14(17)10(7-19-21)9(6-18)15-20-11-4-2-3-5-12(11)25-15/h2-5,7,9H,8H2,1H3. The number of benzene rings is 1. The second-order valence-electron chi connectivity index (χ2n) is 5.03. The molecule has 1 unspecified atom stereocenters. The van der Waals surface area contributed by atoms with Crippen LogP contribution in [-0.4, -0.2) is 27.8 Å². The first-order valence-electron chi connectivity index (χ1n) is 7.12. The van der Waals surface area contributed by atoms with Crippen molar-refractivity contribution < 1.29 is 9.53 Å². The van der Waals surface area contributed by atoms with E-state index >= 15 is 0 Å². The average Bonchev–Trinajstić information content (AvgIpc) is 3.05. The van der Waals surface area contributed by atoms with Crippen LogP contribution in [0.15, 0.2) is 39.7 Å². The van der Waals surface area contributed by atoms with Gasteiger partial charge in [0.15, 0.2) is 0 Å². The zero-order valence-electron chi connectivity index (χ0n) is 13.0. The predicted molar refractivity (Wildman–Crippen MR) is 95.3 cm³/mol. The van der Waals surface area contributed by atoms with E-state index in [9.17, 15) is 14.9 Å². The highest BCUT2D eigenvalue weighted by Gasteiger charge is 2.23. The lowest BCUT2D eigenvalue weighted by molar-refractivity contribution is -0.141. The summed E-state index contributed by atoms with van der Waals surface area (Å²) in [6, 6.07) is 9.74. The van der Waals surface area contributed by atoms with Gasteiger partial charge in [-0.1, -0.05) is 12.1 Å². The second-order valence-corrected chi connectivity index (χ2v) is 6.89. The van der Waals surface area contributed by atoms with E-state index in [2.05, 4.69) is 36.8 Å². The maximum atomic E-state index is 12.4. The third-order valence-corrected chi connectivity index (χ3v) is 5.41. The fourth-order valence-corrected chi connectivity index (χ4v) is 3.82. The van der Waals surface area contributed by atoms with Crippen molar-refractivity contribution in [1.29, 1.82) is 5.26 Å². The van der Waals surface area contributed by atoms with Crippen molar-refractivity contribution in [3.8, 4) is 6.07 Å². The van der Waals surface area contributed by atoms with Gasteiger partial charge in [0.05, 0.1) is 34.1 Å². The van der Waals surface area contributed by atoms with Crippen molar-refractivity contribution in [3.05, 3.63) is 55.9 Å². The highest BCUT2D eigenvalue weighted by Crippen LogP contribution is 2.33. The molecule has 0 bridgehead atoms. The first-order chi connectivity index (χ1) is 12.0. The highest BCUT2D eigenvalue weighted by atomic mass is 79.9. The molecule has 1 atom stereocenters. The van der Waals surface area contributed by atoms with E-state index in [4.69, 9.17) is 0 Å². The number of fused-ring (bicyclic) bond motifs is 1. The largest absolute Gasteiger partial charge is 0.468 e. The first-order valence-corrected chi connectivity index (χ1v) is 8.73. The van der Waals surface area contributed by atoms with Gasteiger partial charge in [-0.05, 0) is 28.1 Å². The highest BCUT2D eigenvalue weighted by molar-refractivity contribution is 9.10. The molecule has 25 heavy (non-hydrogen) atoms. The Kier molecular flexibility index (Phi) is 4.92. The van der Waals surface area contributed by atoms with Crippen molar-refractivity contribution in [3.63, 3.8) is 0 Å². The number of esters is 1. The van der Waals surface area contributed by atoms with Crippen LogP contribution < -0.4 is 5.56 Å². The number of thiazole rings is 1. The number of ether oxygens (including phenoxy) is 1. The minimum atomic E-state index is -0.736. The SMILES string of the molecule is COC(=O)Cn1ncc(C(C#N)c2nc3ccccc3s2)c(Br)c1=O. The summed E-state index contributed by atoms with van der Waals surface area (Å²) in [5.41, 5.74) is 0.697. The number of nitrogens with zero attached hydrogens (tertiary/aromatic N) is 4. The number of hydrogen-bond donors (Lipinski definition) is 0. The Morgan fingerprint density at radius 2 is 2.24 bits per heavy atom. The number of aromatic nitrogens is 3. The van der Waals surface area contributed by atoms with Gasteiger partial charge in [0.2, 0.25) is 0 Å². The summed E-state index contributed by atoms with van der Waals surface area (Å²) in [6.07, 6.45) is 1.40. The Hall–Kier alpha value is -2.57. The van der Waals surface area contributed by atoms with Crippen molar-refractivity contribution in [2.45, 2.75) is 12.5 Å². The van der Waals surface area contributed by atoms with Gasteiger partial charge in [-0.15, -0.1) is 11.3 Å². The van der Waals surface area contributed by atoms with Crippen LogP contribution in [0.4, 0.5) is 0 Å². The maximum absolute atomic E-state index is 12.4. The summed E-state index contributed by atoms with van der Waals surface area (Å²) in [4.78, 5) is 28.2. The monoisotopic (exact) mass is 418 g/mol. The molecule has 0 N–H and O–H groups in total. The maximum Gasteiger partial charge on any atom is 0.327 e. The zero-order valence-corrected chi connectivity index (χ0v) is 15.4. The van der Waals surface area contributed by atoms with E-state index < -0.39 is 17.4 Å². The van der Waals surface area contributed by atoms with Gasteiger partial charge >= 0.3 is 5.97 Å². The second kappa shape index (κ2) is 7.13. The Morgan fingerprint density at radius 3 is 2.92 bits per heavy atom. The molecule has 7 nitrogen and oxygen atoms in total. The molecule has 2 aromatic heterocycles. The number of para-hydroxylation sites is 1. The van der Waals surface area contributed by atoms with Gasteiger partial charge < -0.3 is 4.74 Å². The fraction of sp³-hybridized carbons (Fsp3) is 0.188. The molecular weight excluding hydrogens is 408 g/mol. The van der Waals surface area contributed by atoms with Crippen molar-refractivity contribution in [2.75, 3.05) is 7.11 Å². The lowest BCUT2D eigenvalue weighted by Gasteiger charge is -2.10. The van der Waals surface area contributed by atoms with Crippen LogP contribution in [0.5, 0.6) is 0 Å². The Balaban J connectivity index is 2.04. The Morgan fingerprint density at radius 1 is 1.48 bits per heavy atom. The summed E-state index contributed by atoms with van der Waals surface area (Å²) < 4.78 is 6.65. The van der Waals surface area contributed by atoms with E-state index in [1.54, 1.807) is 0 Å². The third-order valence-electron chi connectivity index (χ3n) is 3.52. The molecular formula is C16H11BrN4O3S. The first kappa shape index (κ1) is 17.3. The van der Waals surface area contributed by atoms with Crippen LogP contribution in [0.1, 0.15) is 16.5 Å².